The first-order valence-corrected chi connectivity index (χ1v) is 15.6. The number of methoxy groups -OCH3 is 1. The van der Waals surface area contributed by atoms with Crippen LogP contribution in [0.3, 0.4) is 0 Å². The standard InChI is InChI=1S/C30H40FN3O7S/c1-21-19-32(28(35)41-30(2,3)4)16-17-33(21)29(36)40-20-24-10-7-11-27(22-8-6-9-23(31)18-22)34(24)42(37,38)26-14-12-25(39-5)13-15-26/h6,8-9,12-15,18,21,24,27H,7,10-11,16-17,19-20H2,1-5H3/t21?,24?,27-/m0/s1. The zero-order valence-corrected chi connectivity index (χ0v) is 25.6. The second kappa shape index (κ2) is 12.9. The lowest BCUT2D eigenvalue weighted by molar-refractivity contribution is 0.00101. The lowest BCUT2D eigenvalue weighted by Crippen LogP contribution is -2.56. The van der Waals surface area contributed by atoms with Gasteiger partial charge in [-0.1, -0.05) is 12.1 Å². The minimum atomic E-state index is -4.07. The lowest BCUT2D eigenvalue weighted by atomic mass is 9.93. The molecule has 4 rings (SSSR count). The molecule has 0 aliphatic carbocycles. The molecule has 2 aromatic rings. The van der Waals surface area contributed by atoms with Gasteiger partial charge in [0.05, 0.1) is 30.1 Å². The maximum absolute atomic E-state index is 14.2. The Bertz CT molecular complexity index is 1360. The minimum absolute atomic E-state index is 0.0646. The summed E-state index contributed by atoms with van der Waals surface area (Å²) in [4.78, 5) is 28.8. The molecule has 12 heteroatoms. The number of ether oxygens (including phenoxy) is 3. The Balaban J connectivity index is 1.52. The second-order valence-electron chi connectivity index (χ2n) is 11.7. The average Bonchev–Trinajstić information content (AvgIpc) is 2.94. The third kappa shape index (κ3) is 7.33. The van der Waals surface area contributed by atoms with Gasteiger partial charge in [-0.2, -0.15) is 4.31 Å². The smallest absolute Gasteiger partial charge is 0.410 e. The molecule has 0 radical (unpaired) electrons. The van der Waals surface area contributed by atoms with Gasteiger partial charge >= 0.3 is 12.2 Å². The molecule has 10 nitrogen and oxygen atoms in total. The van der Waals surface area contributed by atoms with E-state index in [0.29, 0.717) is 30.6 Å². The van der Waals surface area contributed by atoms with Crippen molar-refractivity contribution in [1.82, 2.24) is 14.1 Å². The summed E-state index contributed by atoms with van der Waals surface area (Å²) in [6.07, 6.45) is 0.611. The van der Waals surface area contributed by atoms with Crippen molar-refractivity contribution in [2.75, 3.05) is 33.4 Å². The third-order valence-corrected chi connectivity index (χ3v) is 9.44. The zero-order valence-electron chi connectivity index (χ0n) is 24.8. The predicted octanol–water partition coefficient (Wildman–Crippen LogP) is 5.20. The van der Waals surface area contributed by atoms with Crippen LogP contribution in [0.15, 0.2) is 53.4 Å². The van der Waals surface area contributed by atoms with Crippen LogP contribution in [0, 0.1) is 5.82 Å². The molecule has 2 fully saturated rings. The monoisotopic (exact) mass is 605 g/mol. The van der Waals surface area contributed by atoms with Gasteiger partial charge in [-0.05, 0) is 88.9 Å². The molecule has 2 heterocycles. The Labute approximate surface area is 247 Å². The molecule has 0 aromatic heterocycles. The van der Waals surface area contributed by atoms with Crippen molar-refractivity contribution in [2.45, 2.75) is 75.6 Å². The molecule has 2 unspecified atom stereocenters. The normalized spacial score (nSPS) is 22.0. The Morgan fingerprint density at radius 1 is 1.02 bits per heavy atom. The third-order valence-electron chi connectivity index (χ3n) is 7.46. The van der Waals surface area contributed by atoms with Crippen LogP contribution < -0.4 is 4.74 Å². The van der Waals surface area contributed by atoms with Crippen molar-refractivity contribution in [3.05, 3.63) is 59.9 Å². The number of amides is 2. The van der Waals surface area contributed by atoms with Gasteiger partial charge in [-0.15, -0.1) is 0 Å². The highest BCUT2D eigenvalue weighted by molar-refractivity contribution is 7.89. The molecule has 0 spiro atoms. The molecule has 0 N–H and O–H groups in total. The molecule has 2 aliphatic heterocycles. The fourth-order valence-electron chi connectivity index (χ4n) is 5.44. The number of halogens is 1. The average molecular weight is 606 g/mol. The fourth-order valence-corrected chi connectivity index (χ4v) is 7.29. The number of hydrogen-bond donors (Lipinski definition) is 0. The maximum Gasteiger partial charge on any atom is 0.410 e. The van der Waals surface area contributed by atoms with Crippen molar-refractivity contribution in [2.24, 2.45) is 0 Å². The summed E-state index contributed by atoms with van der Waals surface area (Å²) >= 11 is 0. The van der Waals surface area contributed by atoms with E-state index in [0.717, 1.165) is 0 Å². The second-order valence-corrected chi connectivity index (χ2v) is 13.6. The van der Waals surface area contributed by atoms with E-state index in [1.807, 2.05) is 6.92 Å². The first-order valence-electron chi connectivity index (χ1n) is 14.1. The number of carbonyl (C=O) groups is 2. The number of sulfonamides is 1. The van der Waals surface area contributed by atoms with Crippen LogP contribution in [0.25, 0.3) is 0 Å². The first-order chi connectivity index (χ1) is 19.8. The van der Waals surface area contributed by atoms with Crippen LogP contribution >= 0.6 is 0 Å². The predicted molar refractivity (Wildman–Crippen MR) is 154 cm³/mol. The molecule has 0 bridgehead atoms. The molecule has 2 aromatic carbocycles. The highest BCUT2D eigenvalue weighted by Gasteiger charge is 2.42. The van der Waals surface area contributed by atoms with Crippen molar-refractivity contribution < 1.29 is 36.6 Å². The summed E-state index contributed by atoms with van der Waals surface area (Å²) in [5, 5.41) is 0. The molecule has 42 heavy (non-hydrogen) atoms. The summed E-state index contributed by atoms with van der Waals surface area (Å²) < 4.78 is 60.1. The van der Waals surface area contributed by atoms with Crippen molar-refractivity contribution in [1.29, 1.82) is 0 Å². The molecule has 2 amide bonds. The van der Waals surface area contributed by atoms with Gasteiger partial charge in [-0.3, -0.25) is 0 Å². The number of carbonyl (C=O) groups excluding carboxylic acids is 2. The van der Waals surface area contributed by atoms with Crippen LogP contribution in [0.1, 0.15) is 58.6 Å². The largest absolute Gasteiger partial charge is 0.497 e. The van der Waals surface area contributed by atoms with Gasteiger partial charge in [0, 0.05) is 19.6 Å². The van der Waals surface area contributed by atoms with Gasteiger partial charge in [0.1, 0.15) is 23.8 Å². The maximum atomic E-state index is 14.2. The fraction of sp³-hybridized carbons (Fsp3) is 0.533. The van der Waals surface area contributed by atoms with E-state index in [2.05, 4.69) is 0 Å². The Morgan fingerprint density at radius 2 is 1.74 bits per heavy atom. The molecule has 3 atom stereocenters. The molecule has 0 saturated carbocycles. The SMILES string of the molecule is COc1ccc(S(=O)(=O)N2C(COC(=O)N3CCN(C(=O)OC(C)(C)C)CC3C)CCC[C@H]2c2cccc(F)c2)cc1. The van der Waals surface area contributed by atoms with Crippen molar-refractivity contribution in [3.63, 3.8) is 0 Å². The Hall–Kier alpha value is -3.38. The number of piperidine rings is 1. The van der Waals surface area contributed by atoms with Crippen LogP contribution in [-0.4, -0.2) is 85.7 Å². The quantitative estimate of drug-likeness (QED) is 0.446. The van der Waals surface area contributed by atoms with Gasteiger partial charge in [0.2, 0.25) is 10.0 Å². The topological polar surface area (TPSA) is 106 Å². The Morgan fingerprint density at radius 3 is 2.36 bits per heavy atom. The van der Waals surface area contributed by atoms with E-state index < -0.39 is 45.7 Å². The number of benzene rings is 2. The summed E-state index contributed by atoms with van der Waals surface area (Å²) in [6, 6.07) is 10.4. The van der Waals surface area contributed by atoms with Crippen LogP contribution in [0.5, 0.6) is 5.75 Å². The van der Waals surface area contributed by atoms with Crippen LogP contribution in [-0.2, 0) is 19.5 Å². The molecule has 2 saturated heterocycles. The summed E-state index contributed by atoms with van der Waals surface area (Å²) in [5.74, 6) is 0.0583. The first kappa shape index (κ1) is 31.6. The highest BCUT2D eigenvalue weighted by Crippen LogP contribution is 2.39. The van der Waals surface area contributed by atoms with E-state index in [4.69, 9.17) is 14.2 Å². The van der Waals surface area contributed by atoms with E-state index in [1.165, 1.54) is 40.6 Å². The lowest BCUT2D eigenvalue weighted by Gasteiger charge is -2.42. The van der Waals surface area contributed by atoms with E-state index in [-0.39, 0.29) is 37.2 Å². The van der Waals surface area contributed by atoms with Crippen LogP contribution in [0.4, 0.5) is 14.0 Å². The van der Waals surface area contributed by atoms with Crippen molar-refractivity contribution in [3.8, 4) is 5.75 Å². The zero-order chi connectivity index (χ0) is 30.7. The van der Waals surface area contributed by atoms with Gasteiger partial charge < -0.3 is 24.0 Å². The molecular formula is C30H40FN3O7S. The van der Waals surface area contributed by atoms with E-state index in [9.17, 15) is 22.4 Å². The highest BCUT2D eigenvalue weighted by atomic mass is 32.2. The van der Waals surface area contributed by atoms with Crippen molar-refractivity contribution >= 4 is 22.2 Å². The summed E-state index contributed by atoms with van der Waals surface area (Å²) in [6.45, 7) is 7.87. The Kier molecular flexibility index (Phi) is 9.67. The molecule has 2 aliphatic rings. The number of nitrogens with zero attached hydrogens (tertiary/aromatic N) is 3. The van der Waals surface area contributed by atoms with Crippen LogP contribution in [0.2, 0.25) is 0 Å². The van der Waals surface area contributed by atoms with E-state index >= 15 is 0 Å². The molecular weight excluding hydrogens is 565 g/mol. The minimum Gasteiger partial charge on any atom is -0.497 e. The van der Waals surface area contributed by atoms with Gasteiger partial charge in [0.25, 0.3) is 0 Å². The van der Waals surface area contributed by atoms with Gasteiger partial charge in [0.15, 0.2) is 0 Å². The van der Waals surface area contributed by atoms with Gasteiger partial charge in [-0.25, -0.2) is 22.4 Å². The number of hydrogen-bond acceptors (Lipinski definition) is 7. The number of piperazine rings is 1. The molecule has 230 valence electrons. The summed E-state index contributed by atoms with van der Waals surface area (Å²) in [5.41, 5.74) is -0.0902. The number of rotatable bonds is 6. The summed E-state index contributed by atoms with van der Waals surface area (Å²) in [7, 11) is -2.57. The van der Waals surface area contributed by atoms with E-state index in [1.54, 1.807) is 49.9 Å².